The number of amides is 3. The number of hydrogen-bond acceptors (Lipinski definition) is 16. The molecule has 7 rings (SSSR count). The smallest absolute Gasteiger partial charge is 0.378 e. The second-order valence-corrected chi connectivity index (χ2v) is 19.9. The number of rotatable bonds is 20. The minimum absolute atomic E-state index is 0.0577. The Morgan fingerprint density at radius 3 is 2.15 bits per heavy atom. The van der Waals surface area contributed by atoms with E-state index in [2.05, 4.69) is 25.4 Å². The minimum Gasteiger partial charge on any atom is -0.539 e. The van der Waals surface area contributed by atoms with E-state index in [9.17, 15) is 24.0 Å². The number of carbonyl (C=O) groups is 5. The molecule has 2 radical (unpaired) electrons. The van der Waals surface area contributed by atoms with Gasteiger partial charge < -0.3 is 43.8 Å². The van der Waals surface area contributed by atoms with Gasteiger partial charge in [0.05, 0.1) is 19.2 Å². The van der Waals surface area contributed by atoms with Gasteiger partial charge in [-0.3, -0.25) is 19.3 Å². The zero-order chi connectivity index (χ0) is 51.0. The Hall–Kier alpha value is -7.33. The van der Waals surface area contributed by atoms with Crippen molar-refractivity contribution in [2.24, 2.45) is 5.16 Å². The van der Waals surface area contributed by atoms with Crippen LogP contribution in [0.2, 0.25) is 0 Å². The number of ether oxygens (including phenoxy) is 5. The lowest BCUT2D eigenvalue weighted by molar-refractivity contribution is -0.688. The van der Waals surface area contributed by atoms with Crippen LogP contribution in [-0.4, -0.2) is 100 Å². The lowest BCUT2D eigenvalue weighted by Crippen LogP contribution is -2.71. The van der Waals surface area contributed by atoms with Crippen molar-refractivity contribution in [1.82, 2.24) is 19.8 Å². The molecule has 1 saturated heterocycles. The Labute approximate surface area is 419 Å². The van der Waals surface area contributed by atoms with Crippen molar-refractivity contribution in [3.8, 4) is 23.0 Å². The predicted molar refractivity (Wildman–Crippen MR) is 263 cm³/mol. The molecular formula is C49H53BN7O12S2+. The molecule has 22 heteroatoms. The summed E-state index contributed by atoms with van der Waals surface area (Å²) in [4.78, 5) is 78.3. The molecule has 2 N–H and O–H groups in total. The molecule has 2 aliphatic rings. The Balaban J connectivity index is 1.00. The third-order valence-electron chi connectivity index (χ3n) is 10.7. The van der Waals surface area contributed by atoms with Gasteiger partial charge in [-0.1, -0.05) is 29.4 Å². The number of methoxy groups -OCH3 is 2. The SMILES string of the molecule is [B]OC(=O)C1=C(C[n+]2ccn(CC(=O)Nc3ccc(OCc4ccc(OC)cc4)c(OCc4ccc(OC)cc4)c3)c2)CS[C@@H]2[C@H](NC(=O)/C(=N\OC(C)(C)C(=O)OC(C)(C)C)c3csc(C)n3)C(=O)N12. The summed E-state index contributed by atoms with van der Waals surface area (Å²) in [6.07, 6.45) is 5.10. The first-order valence-corrected chi connectivity index (χ1v) is 24.1. The topological polar surface area (TPSA) is 211 Å². The molecule has 1 fully saturated rings. The van der Waals surface area contributed by atoms with Gasteiger partial charge in [0, 0.05) is 28.5 Å². The molecule has 71 heavy (non-hydrogen) atoms. The van der Waals surface area contributed by atoms with E-state index in [4.69, 9.17) is 36.6 Å². The molecule has 4 heterocycles. The number of carbonyl (C=O) groups excluding carboxylic acids is 5. The molecule has 2 aliphatic heterocycles. The van der Waals surface area contributed by atoms with Gasteiger partial charge in [0.1, 0.15) is 72.1 Å². The summed E-state index contributed by atoms with van der Waals surface area (Å²) in [6.45, 7) is 10.3. The molecule has 0 spiro atoms. The van der Waals surface area contributed by atoms with E-state index in [1.54, 1.807) is 93.3 Å². The summed E-state index contributed by atoms with van der Waals surface area (Å²) >= 11 is 2.58. The quantitative estimate of drug-likeness (QED) is 0.0257. The highest BCUT2D eigenvalue weighted by Crippen LogP contribution is 2.41. The van der Waals surface area contributed by atoms with E-state index in [1.807, 2.05) is 48.5 Å². The largest absolute Gasteiger partial charge is 0.539 e. The maximum Gasteiger partial charge on any atom is 0.378 e. The number of nitrogens with zero attached hydrogens (tertiary/aromatic N) is 5. The molecule has 0 saturated carbocycles. The Morgan fingerprint density at radius 2 is 1.56 bits per heavy atom. The molecule has 3 amide bonds. The van der Waals surface area contributed by atoms with Crippen LogP contribution in [0.4, 0.5) is 5.69 Å². The number of oxime groups is 1. The lowest BCUT2D eigenvalue weighted by atomic mass is 10.0. The number of aryl methyl sites for hydroxylation is 1. The second-order valence-electron chi connectivity index (χ2n) is 17.8. The van der Waals surface area contributed by atoms with Crippen LogP contribution in [0.1, 0.15) is 56.4 Å². The normalized spacial score (nSPS) is 15.7. The Kier molecular flexibility index (Phi) is 16.1. The van der Waals surface area contributed by atoms with Crippen molar-refractivity contribution in [2.75, 3.05) is 25.3 Å². The number of thioether (sulfide) groups is 1. The van der Waals surface area contributed by atoms with E-state index in [1.165, 1.54) is 41.8 Å². The van der Waals surface area contributed by atoms with Crippen molar-refractivity contribution < 1.29 is 61.7 Å². The van der Waals surface area contributed by atoms with Crippen LogP contribution in [0.3, 0.4) is 0 Å². The number of hydrogen-bond donors (Lipinski definition) is 2. The maximum atomic E-state index is 13.8. The van der Waals surface area contributed by atoms with Crippen LogP contribution in [0.25, 0.3) is 0 Å². The van der Waals surface area contributed by atoms with E-state index in [-0.39, 0.29) is 55.1 Å². The van der Waals surface area contributed by atoms with E-state index in [0.717, 1.165) is 22.6 Å². The second kappa shape index (κ2) is 22.2. The highest BCUT2D eigenvalue weighted by Gasteiger charge is 2.55. The van der Waals surface area contributed by atoms with Crippen LogP contribution in [-0.2, 0) is 64.5 Å². The Bertz CT molecular complexity index is 2840. The maximum absolute atomic E-state index is 13.8. The van der Waals surface area contributed by atoms with Crippen molar-refractivity contribution in [3.63, 3.8) is 0 Å². The molecule has 3 aromatic carbocycles. The number of anilines is 1. The van der Waals surface area contributed by atoms with E-state index in [0.29, 0.717) is 27.8 Å². The average Bonchev–Trinajstić information content (AvgIpc) is 3.99. The first-order chi connectivity index (χ1) is 33.8. The lowest BCUT2D eigenvalue weighted by Gasteiger charge is -2.49. The number of fused-ring (bicyclic) bond motifs is 1. The standard InChI is InChI=1S/C49H52BN7O12S2/c1-29-51-36(27-70-29)40(54-69-49(5,6)47(62)67-48(2,3)4)43(59)53-41-44(60)57-42(46(61)68-50)32(26-71-45(41)57)22-55-19-20-56(28-55)23-39(58)52-33-13-18-37(65-24-30-9-14-34(63-7)15-10-30)38(21-33)66-25-31-11-16-35(64-8)17-12-31/h9-21,27-28,41,45H,22-26H2,1-8H3,(H-,52,53,58,59)/p+1/b54-40-/t41-,45-/m1/s1. The zero-order valence-corrected chi connectivity index (χ0v) is 42.0. The average molecular weight is 1010 g/mol. The molecule has 370 valence electrons. The summed E-state index contributed by atoms with van der Waals surface area (Å²) in [6, 6.07) is 19.1. The van der Waals surface area contributed by atoms with Crippen molar-refractivity contribution in [2.45, 2.75) is 90.5 Å². The zero-order valence-electron chi connectivity index (χ0n) is 40.4. The van der Waals surface area contributed by atoms with Crippen LogP contribution in [0, 0.1) is 6.92 Å². The first-order valence-electron chi connectivity index (χ1n) is 22.2. The number of benzene rings is 3. The fraction of sp³-hybridized carbons (Fsp3) is 0.347. The van der Waals surface area contributed by atoms with Gasteiger partial charge >= 0.3 is 20.0 Å². The first kappa shape index (κ1) is 51.5. The molecule has 0 bridgehead atoms. The van der Waals surface area contributed by atoms with Crippen molar-refractivity contribution in [1.29, 1.82) is 0 Å². The molecule has 5 aromatic rings. The van der Waals surface area contributed by atoms with E-state index < -0.39 is 46.4 Å². The third-order valence-corrected chi connectivity index (χ3v) is 12.9. The number of nitrogens with one attached hydrogen (secondary N) is 2. The predicted octanol–water partition coefficient (Wildman–Crippen LogP) is 5.18. The van der Waals surface area contributed by atoms with Crippen molar-refractivity contribution in [3.05, 3.63) is 124 Å². The highest BCUT2D eigenvalue weighted by molar-refractivity contribution is 8.00. The van der Waals surface area contributed by atoms with Crippen LogP contribution >= 0.6 is 23.1 Å². The number of thiazole rings is 1. The third kappa shape index (κ3) is 12.9. The molecule has 2 aromatic heterocycles. The monoisotopic (exact) mass is 1010 g/mol. The summed E-state index contributed by atoms with van der Waals surface area (Å²) in [5, 5.41) is 11.2. The summed E-state index contributed by atoms with van der Waals surface area (Å²) in [5.41, 5.74) is 0.267. The van der Waals surface area contributed by atoms with Crippen molar-refractivity contribution >= 4 is 72.2 Å². The summed E-state index contributed by atoms with van der Waals surface area (Å²) in [5.74, 6) is -0.763. The van der Waals surface area contributed by atoms with Gasteiger partial charge in [-0.2, -0.15) is 0 Å². The van der Waals surface area contributed by atoms with Gasteiger partial charge in [0.2, 0.25) is 11.9 Å². The highest BCUT2D eigenvalue weighted by atomic mass is 32.2. The minimum atomic E-state index is -1.58. The number of esters is 1. The molecule has 0 aliphatic carbocycles. The van der Waals surface area contributed by atoms with Crippen LogP contribution in [0.15, 0.2) is 107 Å². The van der Waals surface area contributed by atoms with Gasteiger partial charge in [-0.05, 0) is 89.1 Å². The Morgan fingerprint density at radius 1 is 0.915 bits per heavy atom. The number of aromatic nitrogens is 3. The van der Waals surface area contributed by atoms with E-state index >= 15 is 0 Å². The van der Waals surface area contributed by atoms with Crippen LogP contribution in [0.5, 0.6) is 23.0 Å². The van der Waals surface area contributed by atoms with Crippen LogP contribution < -0.4 is 34.1 Å². The van der Waals surface area contributed by atoms with Gasteiger partial charge in [0.25, 0.3) is 17.7 Å². The summed E-state index contributed by atoms with van der Waals surface area (Å²) in [7, 11) is 8.58. The van der Waals surface area contributed by atoms with Gasteiger partial charge in [-0.15, -0.1) is 23.1 Å². The molecular weight excluding hydrogens is 954 g/mol. The fourth-order valence-electron chi connectivity index (χ4n) is 7.13. The molecule has 19 nitrogen and oxygen atoms in total. The molecule has 0 unspecified atom stereocenters. The number of imidazole rings is 1. The van der Waals surface area contributed by atoms with Gasteiger partial charge in [0.15, 0.2) is 23.8 Å². The summed E-state index contributed by atoms with van der Waals surface area (Å²) < 4.78 is 36.4. The number of β-lactam (4-membered cyclic amide) rings is 1. The fourth-order valence-corrected chi connectivity index (χ4v) is 9.06. The van der Waals surface area contributed by atoms with Gasteiger partial charge in [-0.25, -0.2) is 23.7 Å². The molecule has 2 atom stereocenters.